The normalized spacial score (nSPS) is 15.8. The minimum Gasteiger partial charge on any atom is -0.354 e. The molecular formula is C16H31IN6. The van der Waals surface area contributed by atoms with Gasteiger partial charge in [0, 0.05) is 26.1 Å². The molecule has 0 aromatic carbocycles. The number of guanidine groups is 1. The second-order valence-corrected chi connectivity index (χ2v) is 7.36. The van der Waals surface area contributed by atoms with Gasteiger partial charge in [0.2, 0.25) is 0 Å². The molecule has 0 saturated carbocycles. The lowest BCUT2D eigenvalue weighted by molar-refractivity contribution is 0.346. The van der Waals surface area contributed by atoms with Crippen LogP contribution in [0.25, 0.3) is 0 Å². The average Bonchev–Trinajstić information content (AvgIpc) is 3.04. The van der Waals surface area contributed by atoms with E-state index in [0.717, 1.165) is 37.0 Å². The molecule has 0 spiro atoms. The van der Waals surface area contributed by atoms with Crippen LogP contribution in [-0.4, -0.2) is 33.8 Å². The van der Waals surface area contributed by atoms with E-state index in [-0.39, 0.29) is 24.0 Å². The van der Waals surface area contributed by atoms with E-state index in [4.69, 9.17) is 0 Å². The molecule has 1 unspecified atom stereocenters. The van der Waals surface area contributed by atoms with Crippen LogP contribution in [-0.2, 0) is 19.5 Å². The largest absolute Gasteiger partial charge is 0.354 e. The number of aliphatic imine (C=N–C) groups is 1. The maximum atomic E-state index is 4.30. The summed E-state index contributed by atoms with van der Waals surface area (Å²) >= 11 is 0. The molecule has 1 aliphatic rings. The number of aromatic nitrogens is 3. The molecule has 6 nitrogen and oxygen atoms in total. The van der Waals surface area contributed by atoms with Gasteiger partial charge in [-0.25, -0.2) is 0 Å². The van der Waals surface area contributed by atoms with Crippen molar-refractivity contribution in [1.29, 1.82) is 0 Å². The standard InChI is InChI=1S/C16H30N6.HI/c1-12(8-9-16(2,3)4)19-15(17-5)18-11-14-21-20-13-7-6-10-22(13)14;/h12H,6-11H2,1-5H3,(H2,17,18,19);1H. The van der Waals surface area contributed by atoms with Crippen molar-refractivity contribution < 1.29 is 0 Å². The molecule has 0 bridgehead atoms. The van der Waals surface area contributed by atoms with Gasteiger partial charge in [-0.05, 0) is 31.6 Å². The molecule has 23 heavy (non-hydrogen) atoms. The Morgan fingerprint density at radius 3 is 2.74 bits per heavy atom. The summed E-state index contributed by atoms with van der Waals surface area (Å²) in [6.45, 7) is 10.7. The molecule has 1 atom stereocenters. The molecule has 1 aromatic heterocycles. The summed E-state index contributed by atoms with van der Waals surface area (Å²) in [5.41, 5.74) is 0.370. The van der Waals surface area contributed by atoms with Gasteiger partial charge in [0.25, 0.3) is 0 Å². The zero-order valence-electron chi connectivity index (χ0n) is 15.0. The number of fused-ring (bicyclic) bond motifs is 1. The Morgan fingerprint density at radius 1 is 1.35 bits per heavy atom. The first-order valence-corrected chi connectivity index (χ1v) is 8.27. The Morgan fingerprint density at radius 2 is 2.09 bits per heavy atom. The lowest BCUT2D eigenvalue weighted by Gasteiger charge is -2.23. The van der Waals surface area contributed by atoms with Crippen LogP contribution >= 0.6 is 24.0 Å². The fraction of sp³-hybridized carbons (Fsp3) is 0.812. The molecule has 7 heteroatoms. The van der Waals surface area contributed by atoms with Gasteiger partial charge in [-0.15, -0.1) is 34.2 Å². The predicted octanol–water partition coefficient (Wildman–Crippen LogP) is 2.72. The average molecular weight is 434 g/mol. The quantitative estimate of drug-likeness (QED) is 0.425. The van der Waals surface area contributed by atoms with Crippen LogP contribution in [0.5, 0.6) is 0 Å². The highest BCUT2D eigenvalue weighted by atomic mass is 127. The summed E-state index contributed by atoms with van der Waals surface area (Å²) < 4.78 is 2.21. The SMILES string of the molecule is CN=C(NCc1nnc2n1CCC2)NC(C)CCC(C)(C)C.I. The highest BCUT2D eigenvalue weighted by Gasteiger charge is 2.17. The molecule has 1 aliphatic heterocycles. The molecule has 2 rings (SSSR count). The minimum absolute atomic E-state index is 0. The molecule has 1 aromatic rings. The molecule has 132 valence electrons. The minimum atomic E-state index is 0. The van der Waals surface area contributed by atoms with Crippen molar-refractivity contribution in [3.8, 4) is 0 Å². The first-order valence-electron chi connectivity index (χ1n) is 8.27. The molecule has 2 N–H and O–H groups in total. The number of aryl methyl sites for hydroxylation is 1. The number of nitrogens with one attached hydrogen (secondary N) is 2. The molecule has 2 heterocycles. The van der Waals surface area contributed by atoms with E-state index < -0.39 is 0 Å². The third-order valence-corrected chi connectivity index (χ3v) is 4.03. The van der Waals surface area contributed by atoms with Crippen molar-refractivity contribution in [2.45, 2.75) is 72.5 Å². The van der Waals surface area contributed by atoms with Crippen molar-refractivity contribution in [2.24, 2.45) is 10.4 Å². The summed E-state index contributed by atoms with van der Waals surface area (Å²) in [6, 6.07) is 0.398. The number of nitrogens with zero attached hydrogens (tertiary/aromatic N) is 4. The summed E-state index contributed by atoms with van der Waals surface area (Å²) in [5, 5.41) is 15.3. The van der Waals surface area contributed by atoms with E-state index in [1.807, 2.05) is 0 Å². The molecule has 0 amide bonds. The van der Waals surface area contributed by atoms with Gasteiger partial charge in [-0.2, -0.15) is 0 Å². The molecular weight excluding hydrogens is 403 g/mol. The van der Waals surface area contributed by atoms with Gasteiger partial charge in [0.15, 0.2) is 11.8 Å². The van der Waals surface area contributed by atoms with Gasteiger partial charge in [0.1, 0.15) is 5.82 Å². The van der Waals surface area contributed by atoms with Crippen molar-refractivity contribution in [3.63, 3.8) is 0 Å². The van der Waals surface area contributed by atoms with E-state index in [0.29, 0.717) is 18.0 Å². The fourth-order valence-electron chi connectivity index (χ4n) is 2.65. The van der Waals surface area contributed by atoms with Crippen molar-refractivity contribution >= 4 is 29.9 Å². The summed E-state index contributed by atoms with van der Waals surface area (Å²) in [7, 11) is 1.81. The second kappa shape index (κ2) is 8.84. The number of hydrogen-bond acceptors (Lipinski definition) is 3. The first-order chi connectivity index (χ1) is 10.4. The highest BCUT2D eigenvalue weighted by molar-refractivity contribution is 14.0. The van der Waals surface area contributed by atoms with Crippen LogP contribution in [0.15, 0.2) is 4.99 Å². The van der Waals surface area contributed by atoms with E-state index in [2.05, 4.69) is 58.1 Å². The number of hydrogen-bond donors (Lipinski definition) is 2. The summed E-state index contributed by atoms with van der Waals surface area (Å²) in [6.07, 6.45) is 4.54. The molecule has 0 fully saturated rings. The van der Waals surface area contributed by atoms with E-state index in [9.17, 15) is 0 Å². The number of halogens is 1. The number of rotatable bonds is 5. The maximum absolute atomic E-state index is 4.30. The Hall–Kier alpha value is -0.860. The summed E-state index contributed by atoms with van der Waals surface area (Å²) in [4.78, 5) is 4.30. The zero-order valence-corrected chi connectivity index (χ0v) is 17.3. The third-order valence-electron chi connectivity index (χ3n) is 4.03. The molecule has 0 aliphatic carbocycles. The van der Waals surface area contributed by atoms with Crippen LogP contribution in [0.1, 0.15) is 58.6 Å². The monoisotopic (exact) mass is 434 g/mol. The lowest BCUT2D eigenvalue weighted by atomic mass is 9.89. The Bertz CT molecular complexity index is 517. The zero-order chi connectivity index (χ0) is 16.2. The second-order valence-electron chi connectivity index (χ2n) is 7.36. The van der Waals surface area contributed by atoms with Crippen LogP contribution in [0.3, 0.4) is 0 Å². The van der Waals surface area contributed by atoms with E-state index in [1.54, 1.807) is 7.05 Å². The Labute approximate surface area is 157 Å². The highest BCUT2D eigenvalue weighted by Crippen LogP contribution is 2.21. The fourth-order valence-corrected chi connectivity index (χ4v) is 2.65. The molecule has 0 radical (unpaired) electrons. The van der Waals surface area contributed by atoms with Gasteiger partial charge >= 0.3 is 0 Å². The van der Waals surface area contributed by atoms with Crippen LogP contribution in [0.4, 0.5) is 0 Å². The molecule has 0 saturated heterocycles. The maximum Gasteiger partial charge on any atom is 0.191 e. The van der Waals surface area contributed by atoms with E-state index in [1.165, 1.54) is 12.8 Å². The Balaban J connectivity index is 0.00000264. The smallest absolute Gasteiger partial charge is 0.191 e. The van der Waals surface area contributed by atoms with E-state index >= 15 is 0 Å². The van der Waals surface area contributed by atoms with Crippen LogP contribution < -0.4 is 10.6 Å². The van der Waals surface area contributed by atoms with Crippen molar-refractivity contribution in [2.75, 3.05) is 7.05 Å². The van der Waals surface area contributed by atoms with Gasteiger partial charge in [-0.1, -0.05) is 20.8 Å². The van der Waals surface area contributed by atoms with Crippen molar-refractivity contribution in [1.82, 2.24) is 25.4 Å². The predicted molar refractivity (Wildman–Crippen MR) is 105 cm³/mol. The third kappa shape index (κ3) is 6.27. The van der Waals surface area contributed by atoms with Crippen LogP contribution in [0, 0.1) is 5.41 Å². The topological polar surface area (TPSA) is 67.1 Å². The van der Waals surface area contributed by atoms with Gasteiger partial charge in [0.05, 0.1) is 6.54 Å². The first kappa shape index (κ1) is 20.2. The Kier molecular flexibility index (Phi) is 7.76. The summed E-state index contributed by atoms with van der Waals surface area (Å²) in [5.74, 6) is 2.94. The lowest BCUT2D eigenvalue weighted by Crippen LogP contribution is -2.42. The van der Waals surface area contributed by atoms with Gasteiger partial charge in [-0.3, -0.25) is 4.99 Å². The van der Waals surface area contributed by atoms with Gasteiger partial charge < -0.3 is 15.2 Å². The van der Waals surface area contributed by atoms with Crippen molar-refractivity contribution in [3.05, 3.63) is 11.6 Å². The van der Waals surface area contributed by atoms with Crippen LogP contribution in [0.2, 0.25) is 0 Å².